The summed E-state index contributed by atoms with van der Waals surface area (Å²) in [5.74, 6) is 6.09. The van der Waals surface area contributed by atoms with Crippen molar-refractivity contribution in [3.8, 4) is 11.8 Å². The molecule has 0 radical (unpaired) electrons. The van der Waals surface area contributed by atoms with Gasteiger partial charge in [0.1, 0.15) is 0 Å². The summed E-state index contributed by atoms with van der Waals surface area (Å²) in [6.45, 7) is 0.922. The van der Waals surface area contributed by atoms with Gasteiger partial charge >= 0.3 is 6.03 Å². The van der Waals surface area contributed by atoms with Gasteiger partial charge in [-0.1, -0.05) is 54.3 Å². The molecule has 24 heavy (non-hydrogen) atoms. The Morgan fingerprint density at radius 2 is 1.71 bits per heavy atom. The Labute approximate surface area is 143 Å². The van der Waals surface area contributed by atoms with Gasteiger partial charge in [0.15, 0.2) is 0 Å². The molecule has 0 aliphatic heterocycles. The third-order valence-corrected chi connectivity index (χ3v) is 3.49. The van der Waals surface area contributed by atoms with E-state index in [0.29, 0.717) is 13.1 Å². The second-order valence-corrected chi connectivity index (χ2v) is 5.56. The summed E-state index contributed by atoms with van der Waals surface area (Å²) in [7, 11) is 3.97. The smallest absolute Gasteiger partial charge is 0.315 e. The highest BCUT2D eigenvalue weighted by Gasteiger charge is 2.00. The molecule has 2 N–H and O–H groups in total. The first kappa shape index (κ1) is 17.4. The Bertz CT molecular complexity index is 714. The maximum atomic E-state index is 11.7. The molecule has 0 aromatic heterocycles. The molecule has 0 fully saturated rings. The van der Waals surface area contributed by atoms with Crippen molar-refractivity contribution in [3.05, 3.63) is 65.7 Å². The molecule has 0 bridgehead atoms. The molecule has 0 heterocycles. The highest BCUT2D eigenvalue weighted by atomic mass is 16.2. The highest BCUT2D eigenvalue weighted by Crippen LogP contribution is 2.16. The van der Waals surface area contributed by atoms with E-state index in [4.69, 9.17) is 0 Å². The number of nitrogens with one attached hydrogen (secondary N) is 2. The van der Waals surface area contributed by atoms with Gasteiger partial charge in [-0.2, -0.15) is 0 Å². The molecule has 0 unspecified atom stereocenters. The molecule has 0 atom stereocenters. The number of benzene rings is 2. The van der Waals surface area contributed by atoms with Crippen molar-refractivity contribution in [2.24, 2.45) is 0 Å². The Balaban J connectivity index is 1.74. The lowest BCUT2D eigenvalue weighted by atomic mass is 10.1. The second kappa shape index (κ2) is 9.26. The van der Waals surface area contributed by atoms with E-state index in [1.165, 1.54) is 5.56 Å². The van der Waals surface area contributed by atoms with Crippen LogP contribution in [0, 0.1) is 11.8 Å². The Morgan fingerprint density at radius 1 is 1.00 bits per heavy atom. The first-order valence-electron chi connectivity index (χ1n) is 7.97. The average molecular weight is 321 g/mol. The number of nitrogens with zero attached hydrogens (tertiary/aromatic N) is 1. The van der Waals surface area contributed by atoms with E-state index >= 15 is 0 Å². The van der Waals surface area contributed by atoms with E-state index in [-0.39, 0.29) is 6.03 Å². The van der Waals surface area contributed by atoms with E-state index in [0.717, 1.165) is 17.7 Å². The van der Waals surface area contributed by atoms with Gasteiger partial charge in [-0.05, 0) is 24.1 Å². The molecule has 124 valence electrons. The second-order valence-electron chi connectivity index (χ2n) is 5.56. The van der Waals surface area contributed by atoms with Crippen molar-refractivity contribution in [2.75, 3.05) is 32.1 Å². The van der Waals surface area contributed by atoms with Crippen LogP contribution in [0.4, 0.5) is 10.5 Å². The topological polar surface area (TPSA) is 44.4 Å². The molecule has 2 aromatic carbocycles. The summed E-state index contributed by atoms with van der Waals surface area (Å²) < 4.78 is 0. The van der Waals surface area contributed by atoms with Gasteiger partial charge in [0.2, 0.25) is 0 Å². The lowest BCUT2D eigenvalue weighted by Crippen LogP contribution is -2.36. The maximum absolute atomic E-state index is 11.7. The zero-order chi connectivity index (χ0) is 17.2. The number of para-hydroxylation sites is 1. The van der Waals surface area contributed by atoms with Gasteiger partial charge in [-0.3, -0.25) is 0 Å². The van der Waals surface area contributed by atoms with E-state index in [9.17, 15) is 4.79 Å². The number of amides is 2. The van der Waals surface area contributed by atoms with Gasteiger partial charge < -0.3 is 15.5 Å². The minimum atomic E-state index is -0.193. The van der Waals surface area contributed by atoms with Crippen LogP contribution in [0.25, 0.3) is 0 Å². The molecule has 0 saturated carbocycles. The molecule has 2 rings (SSSR count). The summed E-state index contributed by atoms with van der Waals surface area (Å²) in [5.41, 5.74) is 3.23. The number of hydrogen-bond donors (Lipinski definition) is 2. The van der Waals surface area contributed by atoms with Crippen molar-refractivity contribution in [1.29, 1.82) is 0 Å². The van der Waals surface area contributed by atoms with Crippen LogP contribution in [0.1, 0.15) is 11.1 Å². The Hall–Kier alpha value is -2.93. The van der Waals surface area contributed by atoms with Gasteiger partial charge in [-0.25, -0.2) is 4.79 Å². The van der Waals surface area contributed by atoms with Crippen LogP contribution in [-0.2, 0) is 6.42 Å². The van der Waals surface area contributed by atoms with Crippen LogP contribution in [0.3, 0.4) is 0 Å². The molecule has 4 nitrogen and oxygen atoms in total. The third-order valence-electron chi connectivity index (χ3n) is 3.49. The molecular weight excluding hydrogens is 298 g/mol. The summed E-state index contributed by atoms with van der Waals surface area (Å²) in [6, 6.07) is 17.8. The van der Waals surface area contributed by atoms with Gasteiger partial charge in [0, 0.05) is 26.2 Å². The van der Waals surface area contributed by atoms with Crippen molar-refractivity contribution < 1.29 is 4.79 Å². The molecular formula is C20H23N3O. The summed E-state index contributed by atoms with van der Waals surface area (Å²) in [5, 5.41) is 5.58. The zero-order valence-electron chi connectivity index (χ0n) is 14.2. The summed E-state index contributed by atoms with van der Waals surface area (Å²) >= 11 is 0. The maximum Gasteiger partial charge on any atom is 0.315 e. The van der Waals surface area contributed by atoms with Crippen LogP contribution in [-0.4, -0.2) is 33.2 Å². The predicted molar refractivity (Wildman–Crippen MR) is 99.2 cm³/mol. The standard InChI is InChI=1S/C20H23N3O/c1-23(2)19-13-7-6-11-18(19)12-8-15-21-20(24)22-16-14-17-9-4-3-5-10-17/h3-7,9-11,13H,14-16H2,1-2H3,(H2,21,22,24). The van der Waals surface area contributed by atoms with Crippen LogP contribution in [0.2, 0.25) is 0 Å². The minimum absolute atomic E-state index is 0.193. The fourth-order valence-corrected chi connectivity index (χ4v) is 2.26. The van der Waals surface area contributed by atoms with Crippen molar-refractivity contribution >= 4 is 11.7 Å². The average Bonchev–Trinajstić information content (AvgIpc) is 2.60. The molecule has 2 amide bonds. The molecule has 0 saturated heterocycles. The fraction of sp³-hybridized carbons (Fsp3) is 0.250. The van der Waals surface area contributed by atoms with Crippen molar-refractivity contribution in [2.45, 2.75) is 6.42 Å². The summed E-state index contributed by atoms with van der Waals surface area (Å²) in [6.07, 6.45) is 0.816. The molecule has 0 aliphatic carbocycles. The van der Waals surface area contributed by atoms with E-state index < -0.39 is 0 Å². The van der Waals surface area contributed by atoms with Crippen LogP contribution < -0.4 is 15.5 Å². The number of urea groups is 1. The third kappa shape index (κ3) is 5.69. The number of carbonyl (C=O) groups excluding carboxylic acids is 1. The predicted octanol–water partition coefficient (Wildman–Crippen LogP) is 2.65. The van der Waals surface area contributed by atoms with Crippen LogP contribution in [0.15, 0.2) is 54.6 Å². The Kier molecular flexibility index (Phi) is 6.73. The van der Waals surface area contributed by atoms with Gasteiger partial charge in [0.25, 0.3) is 0 Å². The largest absolute Gasteiger partial charge is 0.377 e. The van der Waals surface area contributed by atoms with E-state index in [1.807, 2.05) is 73.6 Å². The monoisotopic (exact) mass is 321 g/mol. The lowest BCUT2D eigenvalue weighted by molar-refractivity contribution is 0.242. The SMILES string of the molecule is CN(C)c1ccccc1C#CCNC(=O)NCCc1ccccc1. The van der Waals surface area contributed by atoms with Crippen molar-refractivity contribution in [3.63, 3.8) is 0 Å². The van der Waals surface area contributed by atoms with Gasteiger partial charge in [0.05, 0.1) is 12.2 Å². The van der Waals surface area contributed by atoms with Crippen LogP contribution in [0.5, 0.6) is 0 Å². The lowest BCUT2D eigenvalue weighted by Gasteiger charge is -2.13. The minimum Gasteiger partial charge on any atom is -0.377 e. The number of hydrogen-bond acceptors (Lipinski definition) is 2. The van der Waals surface area contributed by atoms with Crippen LogP contribution >= 0.6 is 0 Å². The number of rotatable bonds is 5. The normalized spacial score (nSPS) is 9.58. The quantitative estimate of drug-likeness (QED) is 0.832. The van der Waals surface area contributed by atoms with Gasteiger partial charge in [-0.15, -0.1) is 0 Å². The highest BCUT2D eigenvalue weighted by molar-refractivity contribution is 5.74. The molecule has 4 heteroatoms. The number of carbonyl (C=O) groups is 1. The van der Waals surface area contributed by atoms with Crippen molar-refractivity contribution in [1.82, 2.24) is 10.6 Å². The molecule has 0 spiro atoms. The zero-order valence-corrected chi connectivity index (χ0v) is 14.2. The first-order chi connectivity index (χ1) is 11.7. The Morgan fingerprint density at radius 3 is 2.46 bits per heavy atom. The number of anilines is 1. The molecule has 2 aromatic rings. The molecule has 0 aliphatic rings. The summed E-state index contributed by atoms with van der Waals surface area (Å²) in [4.78, 5) is 13.7. The van der Waals surface area contributed by atoms with E-state index in [1.54, 1.807) is 0 Å². The first-order valence-corrected chi connectivity index (χ1v) is 7.97. The fourth-order valence-electron chi connectivity index (χ4n) is 2.26. The van der Waals surface area contributed by atoms with E-state index in [2.05, 4.69) is 22.5 Å².